The average Bonchev–Trinajstić information content (AvgIpc) is 2.53. The van der Waals surface area contributed by atoms with Gasteiger partial charge in [0.05, 0.1) is 5.52 Å². The summed E-state index contributed by atoms with van der Waals surface area (Å²) in [4.78, 5) is 3.28. The van der Waals surface area contributed by atoms with Gasteiger partial charge in [0.15, 0.2) is 0 Å². The number of aromatic amines is 1. The maximum absolute atomic E-state index is 3.54. The number of halogens is 1. The molecule has 0 aliphatic carbocycles. The first-order valence-electron chi connectivity index (χ1n) is 4.45. The van der Waals surface area contributed by atoms with Gasteiger partial charge in [-0.05, 0) is 23.6 Å². The maximum Gasteiger partial charge on any atom is 0.0500 e. The van der Waals surface area contributed by atoms with Gasteiger partial charge in [-0.25, -0.2) is 0 Å². The number of hydrogen-bond donors (Lipinski definition) is 1. The third-order valence-corrected chi connectivity index (χ3v) is 3.02. The fraction of sp³-hybridized carbons (Fsp3) is 0.273. The molecule has 0 fully saturated rings. The van der Waals surface area contributed by atoms with E-state index in [4.69, 9.17) is 0 Å². The molecule has 1 heterocycles. The summed E-state index contributed by atoms with van der Waals surface area (Å²) in [5.74, 6) is 0.564. The Morgan fingerprint density at radius 2 is 2.00 bits per heavy atom. The van der Waals surface area contributed by atoms with Crippen molar-refractivity contribution in [2.75, 3.05) is 0 Å². The van der Waals surface area contributed by atoms with Gasteiger partial charge in [0.2, 0.25) is 0 Å². The van der Waals surface area contributed by atoms with Crippen LogP contribution in [0.3, 0.4) is 0 Å². The quantitative estimate of drug-likeness (QED) is 0.771. The van der Waals surface area contributed by atoms with Crippen LogP contribution in [0.15, 0.2) is 28.9 Å². The first-order valence-corrected chi connectivity index (χ1v) is 5.25. The van der Waals surface area contributed by atoms with Gasteiger partial charge in [-0.3, -0.25) is 0 Å². The molecule has 0 saturated heterocycles. The Morgan fingerprint density at radius 1 is 1.23 bits per heavy atom. The predicted molar refractivity (Wildman–Crippen MR) is 60.1 cm³/mol. The minimum absolute atomic E-state index is 0.564. The molecule has 1 aromatic heterocycles. The van der Waals surface area contributed by atoms with Gasteiger partial charge in [0.1, 0.15) is 0 Å². The molecule has 13 heavy (non-hydrogen) atoms. The molecule has 0 bridgehead atoms. The number of benzene rings is 1. The highest BCUT2D eigenvalue weighted by Crippen LogP contribution is 2.29. The molecule has 0 spiro atoms. The second-order valence-corrected chi connectivity index (χ2v) is 4.41. The average molecular weight is 238 g/mol. The molecule has 1 N–H and O–H groups in total. The third-order valence-electron chi connectivity index (χ3n) is 2.32. The van der Waals surface area contributed by atoms with Crippen molar-refractivity contribution in [2.24, 2.45) is 0 Å². The van der Waals surface area contributed by atoms with Crippen LogP contribution in [0, 0.1) is 0 Å². The van der Waals surface area contributed by atoms with E-state index in [1.807, 2.05) is 6.20 Å². The molecule has 2 aromatic rings. The van der Waals surface area contributed by atoms with Crippen molar-refractivity contribution in [2.45, 2.75) is 19.8 Å². The molecule has 0 atom stereocenters. The second-order valence-electron chi connectivity index (χ2n) is 3.56. The summed E-state index contributed by atoms with van der Waals surface area (Å²) in [7, 11) is 0. The first kappa shape index (κ1) is 8.82. The Bertz CT molecular complexity index is 429. The summed E-state index contributed by atoms with van der Waals surface area (Å²) in [6, 6.07) is 6.39. The van der Waals surface area contributed by atoms with Crippen LogP contribution in [0.5, 0.6) is 0 Å². The predicted octanol–water partition coefficient (Wildman–Crippen LogP) is 4.05. The number of H-pyrrole nitrogens is 1. The molecular formula is C11H12BrN. The Kier molecular flexibility index (Phi) is 2.16. The van der Waals surface area contributed by atoms with Crippen LogP contribution in [-0.2, 0) is 0 Å². The van der Waals surface area contributed by atoms with E-state index < -0.39 is 0 Å². The zero-order chi connectivity index (χ0) is 9.42. The van der Waals surface area contributed by atoms with Crippen LogP contribution in [-0.4, -0.2) is 4.98 Å². The lowest BCUT2D eigenvalue weighted by Gasteiger charge is -2.07. The molecule has 0 unspecified atom stereocenters. The van der Waals surface area contributed by atoms with Crippen molar-refractivity contribution in [3.8, 4) is 0 Å². The summed E-state index contributed by atoms with van der Waals surface area (Å²) in [5.41, 5.74) is 2.63. The Hall–Kier alpha value is -0.760. The molecular weight excluding hydrogens is 226 g/mol. The van der Waals surface area contributed by atoms with E-state index >= 15 is 0 Å². The summed E-state index contributed by atoms with van der Waals surface area (Å²) >= 11 is 3.54. The molecule has 68 valence electrons. The zero-order valence-corrected chi connectivity index (χ0v) is 9.35. The Morgan fingerprint density at radius 3 is 2.69 bits per heavy atom. The summed E-state index contributed by atoms with van der Waals surface area (Å²) in [6.07, 6.45) is 1.99. The highest BCUT2D eigenvalue weighted by molar-refractivity contribution is 9.10. The molecule has 2 rings (SSSR count). The van der Waals surface area contributed by atoms with Crippen LogP contribution >= 0.6 is 15.9 Å². The van der Waals surface area contributed by atoms with Crippen molar-refractivity contribution in [1.29, 1.82) is 0 Å². The SMILES string of the molecule is CC(C)c1ccc(Br)c2cc[nH]c12. The monoisotopic (exact) mass is 237 g/mol. The van der Waals surface area contributed by atoms with Crippen molar-refractivity contribution in [3.63, 3.8) is 0 Å². The number of hydrogen-bond acceptors (Lipinski definition) is 0. The molecule has 0 radical (unpaired) electrons. The molecule has 2 heteroatoms. The van der Waals surface area contributed by atoms with Crippen LogP contribution in [0.4, 0.5) is 0 Å². The summed E-state index contributed by atoms with van der Waals surface area (Å²) < 4.78 is 1.16. The topological polar surface area (TPSA) is 15.8 Å². The van der Waals surface area contributed by atoms with Crippen molar-refractivity contribution in [1.82, 2.24) is 4.98 Å². The van der Waals surface area contributed by atoms with Crippen LogP contribution in [0.2, 0.25) is 0 Å². The smallest absolute Gasteiger partial charge is 0.0500 e. The third kappa shape index (κ3) is 1.39. The van der Waals surface area contributed by atoms with Gasteiger partial charge in [0.25, 0.3) is 0 Å². The van der Waals surface area contributed by atoms with Gasteiger partial charge < -0.3 is 4.98 Å². The molecule has 1 aromatic carbocycles. The summed E-state index contributed by atoms with van der Waals surface area (Å²) in [6.45, 7) is 4.42. The zero-order valence-electron chi connectivity index (χ0n) is 7.76. The molecule has 0 aliphatic rings. The standard InChI is InChI=1S/C11H12BrN/c1-7(2)8-3-4-10(12)9-5-6-13-11(8)9/h3-7,13H,1-2H3. The van der Waals surface area contributed by atoms with E-state index in [-0.39, 0.29) is 0 Å². The lowest BCUT2D eigenvalue weighted by atomic mass is 10.0. The Balaban J connectivity index is 2.78. The van der Waals surface area contributed by atoms with Crippen molar-refractivity contribution < 1.29 is 0 Å². The van der Waals surface area contributed by atoms with Gasteiger partial charge in [-0.2, -0.15) is 0 Å². The van der Waals surface area contributed by atoms with Gasteiger partial charge in [-0.1, -0.05) is 35.8 Å². The van der Waals surface area contributed by atoms with Gasteiger partial charge in [0, 0.05) is 16.1 Å². The van der Waals surface area contributed by atoms with E-state index in [2.05, 4.69) is 53.0 Å². The number of aromatic nitrogens is 1. The molecule has 1 nitrogen and oxygen atoms in total. The molecule has 0 aliphatic heterocycles. The van der Waals surface area contributed by atoms with E-state index in [9.17, 15) is 0 Å². The van der Waals surface area contributed by atoms with Gasteiger partial charge >= 0.3 is 0 Å². The lowest BCUT2D eigenvalue weighted by molar-refractivity contribution is 0.873. The van der Waals surface area contributed by atoms with E-state index in [0.29, 0.717) is 5.92 Å². The van der Waals surface area contributed by atoms with Crippen LogP contribution in [0.1, 0.15) is 25.3 Å². The Labute approximate surface area is 86.3 Å². The lowest BCUT2D eigenvalue weighted by Crippen LogP contribution is -1.88. The van der Waals surface area contributed by atoms with E-state index in [1.54, 1.807) is 0 Å². The molecule has 0 saturated carbocycles. The fourth-order valence-electron chi connectivity index (χ4n) is 1.62. The van der Waals surface area contributed by atoms with Crippen LogP contribution in [0.25, 0.3) is 10.9 Å². The fourth-order valence-corrected chi connectivity index (χ4v) is 2.09. The number of rotatable bonds is 1. The highest BCUT2D eigenvalue weighted by Gasteiger charge is 2.07. The second kappa shape index (κ2) is 3.18. The number of fused-ring (bicyclic) bond motifs is 1. The van der Waals surface area contributed by atoms with E-state index in [0.717, 1.165) is 4.47 Å². The first-order chi connectivity index (χ1) is 6.20. The molecule has 0 amide bonds. The van der Waals surface area contributed by atoms with Crippen molar-refractivity contribution >= 4 is 26.8 Å². The van der Waals surface area contributed by atoms with E-state index in [1.165, 1.54) is 16.5 Å². The minimum Gasteiger partial charge on any atom is -0.361 e. The normalized spacial score (nSPS) is 11.4. The van der Waals surface area contributed by atoms with Crippen LogP contribution < -0.4 is 0 Å². The summed E-state index contributed by atoms with van der Waals surface area (Å²) in [5, 5.41) is 1.27. The highest BCUT2D eigenvalue weighted by atomic mass is 79.9. The maximum atomic E-state index is 3.54. The largest absolute Gasteiger partial charge is 0.361 e. The number of nitrogens with one attached hydrogen (secondary N) is 1. The van der Waals surface area contributed by atoms with Gasteiger partial charge in [-0.15, -0.1) is 0 Å². The van der Waals surface area contributed by atoms with Crippen molar-refractivity contribution in [3.05, 3.63) is 34.4 Å². The minimum atomic E-state index is 0.564.